The average Bonchev–Trinajstić information content (AvgIpc) is 2.54. The number of nitrogens with two attached hydrogens (primary N) is 1. The monoisotopic (exact) mass is 291 g/mol. The van der Waals surface area contributed by atoms with E-state index in [4.69, 9.17) is 10.9 Å². The highest BCUT2D eigenvalue weighted by molar-refractivity contribution is 5.98. The minimum Gasteiger partial charge on any atom is -0.409 e. The van der Waals surface area contributed by atoms with Crippen molar-refractivity contribution in [3.8, 4) is 0 Å². The van der Waals surface area contributed by atoms with E-state index >= 15 is 0 Å². The number of hydrogen-bond acceptors (Lipinski definition) is 4. The van der Waals surface area contributed by atoms with Gasteiger partial charge in [-0.15, -0.1) is 0 Å². The lowest BCUT2D eigenvalue weighted by Crippen LogP contribution is -2.50. The van der Waals surface area contributed by atoms with Crippen molar-refractivity contribution < 1.29 is 10.3 Å². The number of rotatable bonds is 5. The van der Waals surface area contributed by atoms with Gasteiger partial charge >= 0.3 is 0 Å². The van der Waals surface area contributed by atoms with E-state index in [1.165, 1.54) is 0 Å². The molecule has 1 aromatic rings. The molecule has 0 heterocycles. The Hall–Kier alpha value is -1.59. The molecule has 1 aliphatic rings. The highest BCUT2D eigenvalue weighted by Gasteiger charge is 2.33. The van der Waals surface area contributed by atoms with Crippen LogP contribution >= 0.6 is 0 Å². The Morgan fingerprint density at radius 3 is 2.67 bits per heavy atom. The lowest BCUT2D eigenvalue weighted by molar-refractivity contribution is 0.104. The second kappa shape index (κ2) is 6.91. The number of nitrogens with zero attached hydrogens (tertiary/aromatic N) is 1. The van der Waals surface area contributed by atoms with E-state index in [0.29, 0.717) is 6.54 Å². The maximum Gasteiger partial charge on any atom is 0.170 e. The molecule has 0 aromatic heterocycles. The van der Waals surface area contributed by atoms with Crippen molar-refractivity contribution in [1.29, 1.82) is 0 Å². The molecule has 21 heavy (non-hydrogen) atoms. The number of oxime groups is 1. The van der Waals surface area contributed by atoms with E-state index in [0.717, 1.165) is 42.7 Å². The van der Waals surface area contributed by atoms with Gasteiger partial charge in [0.25, 0.3) is 0 Å². The molecule has 0 aliphatic heterocycles. The smallest absolute Gasteiger partial charge is 0.170 e. The van der Waals surface area contributed by atoms with Gasteiger partial charge < -0.3 is 21.4 Å². The summed E-state index contributed by atoms with van der Waals surface area (Å²) in [6.07, 6.45) is 4.23. The van der Waals surface area contributed by atoms with Gasteiger partial charge in [0, 0.05) is 17.6 Å². The standard InChI is InChI=1S/C16H25N3O2/c1-12-6-8-16(11-20,9-7-12)18-10-13-4-2-3-5-14(13)15(17)19-21/h2-5,12,18,20-21H,6-11H2,1H3,(H2,17,19). The molecule has 5 heteroatoms. The molecule has 0 spiro atoms. The first-order valence-corrected chi connectivity index (χ1v) is 7.52. The molecule has 0 saturated heterocycles. The van der Waals surface area contributed by atoms with Gasteiger partial charge in [0.2, 0.25) is 0 Å². The molecule has 1 aliphatic carbocycles. The average molecular weight is 291 g/mol. The molecule has 0 amide bonds. The van der Waals surface area contributed by atoms with E-state index < -0.39 is 0 Å². The first-order valence-electron chi connectivity index (χ1n) is 7.52. The van der Waals surface area contributed by atoms with Crippen LogP contribution in [0.3, 0.4) is 0 Å². The second-order valence-electron chi connectivity index (χ2n) is 6.12. The minimum absolute atomic E-state index is 0.114. The Morgan fingerprint density at radius 2 is 2.05 bits per heavy atom. The van der Waals surface area contributed by atoms with Gasteiger partial charge in [-0.1, -0.05) is 36.3 Å². The minimum atomic E-state index is -0.204. The predicted octanol–water partition coefficient (Wildman–Crippen LogP) is 1.81. The SMILES string of the molecule is CC1CCC(CO)(NCc2ccccc2C(N)=NO)CC1. The van der Waals surface area contributed by atoms with Crippen molar-refractivity contribution in [3.63, 3.8) is 0 Å². The van der Waals surface area contributed by atoms with Crippen molar-refractivity contribution in [2.75, 3.05) is 6.61 Å². The van der Waals surface area contributed by atoms with Crippen LogP contribution in [0.15, 0.2) is 29.4 Å². The number of aliphatic hydroxyl groups is 1. The maximum absolute atomic E-state index is 9.78. The summed E-state index contributed by atoms with van der Waals surface area (Å²) in [4.78, 5) is 0. The van der Waals surface area contributed by atoms with E-state index in [-0.39, 0.29) is 18.0 Å². The Balaban J connectivity index is 2.08. The fraction of sp³-hybridized carbons (Fsp3) is 0.562. The zero-order chi connectivity index (χ0) is 15.3. The molecular weight excluding hydrogens is 266 g/mol. The summed E-state index contributed by atoms with van der Waals surface area (Å²) >= 11 is 0. The van der Waals surface area contributed by atoms with Crippen molar-refractivity contribution in [1.82, 2.24) is 5.32 Å². The number of aliphatic hydroxyl groups excluding tert-OH is 1. The van der Waals surface area contributed by atoms with Crippen molar-refractivity contribution in [2.45, 2.75) is 44.7 Å². The van der Waals surface area contributed by atoms with Crippen molar-refractivity contribution in [3.05, 3.63) is 35.4 Å². The van der Waals surface area contributed by atoms with E-state index in [1.54, 1.807) is 0 Å². The predicted molar refractivity (Wildman–Crippen MR) is 83.2 cm³/mol. The van der Waals surface area contributed by atoms with Crippen LogP contribution in [-0.4, -0.2) is 28.3 Å². The summed E-state index contributed by atoms with van der Waals surface area (Å²) < 4.78 is 0. The van der Waals surface area contributed by atoms with Crippen LogP contribution in [0.2, 0.25) is 0 Å². The molecule has 5 N–H and O–H groups in total. The highest BCUT2D eigenvalue weighted by Crippen LogP contribution is 2.32. The van der Waals surface area contributed by atoms with Gasteiger partial charge in [-0.2, -0.15) is 0 Å². The first-order chi connectivity index (χ1) is 10.1. The fourth-order valence-electron chi connectivity index (χ4n) is 2.97. The molecule has 116 valence electrons. The van der Waals surface area contributed by atoms with Crippen LogP contribution in [0.1, 0.15) is 43.7 Å². The van der Waals surface area contributed by atoms with Crippen molar-refractivity contribution in [2.24, 2.45) is 16.8 Å². The first kappa shape index (κ1) is 15.8. The van der Waals surface area contributed by atoms with E-state index in [9.17, 15) is 5.11 Å². The zero-order valence-electron chi connectivity index (χ0n) is 12.5. The third-order valence-electron chi connectivity index (χ3n) is 4.59. The summed E-state index contributed by atoms with van der Waals surface area (Å²) in [5.74, 6) is 0.846. The van der Waals surface area contributed by atoms with Crippen LogP contribution in [0.5, 0.6) is 0 Å². The van der Waals surface area contributed by atoms with Crippen LogP contribution in [-0.2, 0) is 6.54 Å². The van der Waals surface area contributed by atoms with E-state index in [2.05, 4.69) is 17.4 Å². The topological polar surface area (TPSA) is 90.9 Å². The Bertz CT molecular complexity index is 494. The molecule has 0 bridgehead atoms. The van der Waals surface area contributed by atoms with Gasteiger partial charge in [-0.25, -0.2) is 0 Å². The van der Waals surface area contributed by atoms with Gasteiger partial charge in [-0.05, 0) is 37.2 Å². The maximum atomic E-state index is 9.78. The summed E-state index contributed by atoms with van der Waals surface area (Å²) in [5.41, 5.74) is 7.20. The van der Waals surface area contributed by atoms with Gasteiger partial charge in [-0.3, -0.25) is 0 Å². The zero-order valence-corrected chi connectivity index (χ0v) is 12.5. The van der Waals surface area contributed by atoms with Gasteiger partial charge in [0.1, 0.15) is 0 Å². The third kappa shape index (κ3) is 3.74. The Kier molecular flexibility index (Phi) is 5.20. The Labute approximate surface area is 125 Å². The Morgan fingerprint density at radius 1 is 1.38 bits per heavy atom. The second-order valence-corrected chi connectivity index (χ2v) is 6.12. The lowest BCUT2D eigenvalue weighted by Gasteiger charge is -2.39. The van der Waals surface area contributed by atoms with Gasteiger partial charge in [0.05, 0.1) is 6.61 Å². The van der Waals surface area contributed by atoms with Crippen molar-refractivity contribution >= 4 is 5.84 Å². The molecular formula is C16H25N3O2. The summed E-state index contributed by atoms with van der Waals surface area (Å²) in [7, 11) is 0. The van der Waals surface area contributed by atoms with Gasteiger partial charge in [0.15, 0.2) is 5.84 Å². The number of nitrogens with one attached hydrogen (secondary N) is 1. The van der Waals surface area contributed by atoms with Crippen LogP contribution in [0, 0.1) is 5.92 Å². The van der Waals surface area contributed by atoms with Crippen LogP contribution < -0.4 is 11.1 Å². The largest absolute Gasteiger partial charge is 0.409 e. The summed E-state index contributed by atoms with van der Waals surface area (Å²) in [6.45, 7) is 3.00. The normalized spacial score (nSPS) is 26.8. The summed E-state index contributed by atoms with van der Waals surface area (Å²) in [5, 5.41) is 25.2. The molecule has 2 rings (SSSR count). The highest BCUT2D eigenvalue weighted by atomic mass is 16.4. The van der Waals surface area contributed by atoms with Crippen LogP contribution in [0.4, 0.5) is 0 Å². The number of amidine groups is 1. The molecule has 0 unspecified atom stereocenters. The molecule has 1 aromatic carbocycles. The quantitative estimate of drug-likeness (QED) is 0.288. The molecule has 1 saturated carbocycles. The third-order valence-corrected chi connectivity index (χ3v) is 4.59. The van der Waals surface area contributed by atoms with E-state index in [1.807, 2.05) is 24.3 Å². The van der Waals surface area contributed by atoms with Crippen LogP contribution in [0.25, 0.3) is 0 Å². The molecule has 1 fully saturated rings. The number of benzene rings is 1. The molecule has 0 radical (unpaired) electrons. The molecule has 5 nitrogen and oxygen atoms in total. The lowest BCUT2D eigenvalue weighted by atomic mass is 9.77. The number of hydrogen-bond donors (Lipinski definition) is 4. The fourth-order valence-corrected chi connectivity index (χ4v) is 2.97. The summed E-state index contributed by atoms with van der Waals surface area (Å²) in [6, 6.07) is 7.58. The molecule has 0 atom stereocenters.